The van der Waals surface area contributed by atoms with E-state index in [9.17, 15) is 8.42 Å². The lowest BCUT2D eigenvalue weighted by Gasteiger charge is -2.14. The fourth-order valence-corrected chi connectivity index (χ4v) is 3.36. The summed E-state index contributed by atoms with van der Waals surface area (Å²) >= 11 is 0. The Kier molecular flexibility index (Phi) is 4.13. The van der Waals surface area contributed by atoms with Gasteiger partial charge in [-0.25, -0.2) is 17.8 Å². The zero-order chi connectivity index (χ0) is 16.3. The van der Waals surface area contributed by atoms with Crippen LogP contribution in [0.3, 0.4) is 0 Å². The minimum atomic E-state index is -3.67. The standard InChI is InChI=1S/C14H14N6O2S/c1-11(12-5-7-15-8-6-12)17-23(21,22)14-4-2-3-13(9-14)20-10-16-18-19-20/h2-11,17H,1H3. The molecule has 23 heavy (non-hydrogen) atoms. The van der Waals surface area contributed by atoms with Gasteiger partial charge in [-0.05, 0) is 53.2 Å². The van der Waals surface area contributed by atoms with Gasteiger partial charge in [0.1, 0.15) is 6.33 Å². The summed E-state index contributed by atoms with van der Waals surface area (Å²) in [6.07, 6.45) is 4.65. The average molecular weight is 330 g/mol. The van der Waals surface area contributed by atoms with Gasteiger partial charge in [0.2, 0.25) is 10.0 Å². The van der Waals surface area contributed by atoms with Crippen LogP contribution in [-0.2, 0) is 10.0 Å². The lowest BCUT2D eigenvalue weighted by atomic mass is 10.1. The van der Waals surface area contributed by atoms with Gasteiger partial charge in [0.15, 0.2) is 0 Å². The number of rotatable bonds is 5. The van der Waals surface area contributed by atoms with Crippen LogP contribution in [0.2, 0.25) is 0 Å². The van der Waals surface area contributed by atoms with Gasteiger partial charge in [0.25, 0.3) is 0 Å². The molecule has 2 heterocycles. The molecule has 0 bridgehead atoms. The van der Waals surface area contributed by atoms with E-state index in [1.807, 2.05) is 0 Å². The first kappa shape index (κ1) is 15.3. The molecule has 1 N–H and O–H groups in total. The van der Waals surface area contributed by atoms with Gasteiger partial charge in [0.05, 0.1) is 10.6 Å². The third kappa shape index (κ3) is 3.41. The van der Waals surface area contributed by atoms with Gasteiger partial charge in [-0.2, -0.15) is 0 Å². The molecule has 8 nitrogen and oxygen atoms in total. The largest absolute Gasteiger partial charge is 0.265 e. The third-order valence-electron chi connectivity index (χ3n) is 3.28. The van der Waals surface area contributed by atoms with Gasteiger partial charge in [-0.3, -0.25) is 4.98 Å². The molecule has 0 fully saturated rings. The topological polar surface area (TPSA) is 103 Å². The second-order valence-corrected chi connectivity index (χ2v) is 6.59. The van der Waals surface area contributed by atoms with Crippen molar-refractivity contribution in [2.75, 3.05) is 0 Å². The van der Waals surface area contributed by atoms with E-state index in [2.05, 4.69) is 25.2 Å². The molecule has 0 aliphatic rings. The fourth-order valence-electron chi connectivity index (χ4n) is 2.09. The quantitative estimate of drug-likeness (QED) is 0.751. The van der Waals surface area contributed by atoms with Crippen LogP contribution >= 0.6 is 0 Å². The maximum Gasteiger partial charge on any atom is 0.241 e. The van der Waals surface area contributed by atoms with Crippen LogP contribution < -0.4 is 4.72 Å². The lowest BCUT2D eigenvalue weighted by molar-refractivity contribution is 0.566. The van der Waals surface area contributed by atoms with Crippen molar-refractivity contribution in [2.45, 2.75) is 17.9 Å². The molecule has 0 saturated carbocycles. The predicted octanol–water partition coefficient (Wildman–Crippen LogP) is 1.10. The molecule has 3 rings (SSSR count). The van der Waals surface area contributed by atoms with Crippen LogP contribution in [0.5, 0.6) is 0 Å². The Bertz CT molecular complexity index is 881. The Balaban J connectivity index is 1.87. The van der Waals surface area contributed by atoms with Gasteiger partial charge in [-0.15, -0.1) is 5.10 Å². The summed E-state index contributed by atoms with van der Waals surface area (Å²) < 4.78 is 29.1. The highest BCUT2D eigenvalue weighted by molar-refractivity contribution is 7.89. The minimum absolute atomic E-state index is 0.145. The molecule has 118 valence electrons. The van der Waals surface area contributed by atoms with Crippen LogP contribution in [0.4, 0.5) is 0 Å². The number of aromatic nitrogens is 5. The number of tetrazole rings is 1. The number of sulfonamides is 1. The van der Waals surface area contributed by atoms with Crippen LogP contribution in [0, 0.1) is 0 Å². The highest BCUT2D eigenvalue weighted by Gasteiger charge is 2.19. The van der Waals surface area contributed by atoms with Crippen LogP contribution in [-0.4, -0.2) is 33.6 Å². The molecule has 1 unspecified atom stereocenters. The van der Waals surface area contributed by atoms with E-state index in [0.717, 1.165) is 5.56 Å². The monoisotopic (exact) mass is 330 g/mol. The number of nitrogens with one attached hydrogen (secondary N) is 1. The molecule has 0 radical (unpaired) electrons. The van der Waals surface area contributed by atoms with Crippen molar-refractivity contribution in [1.82, 2.24) is 29.9 Å². The average Bonchev–Trinajstić information content (AvgIpc) is 3.10. The Hall–Kier alpha value is -2.65. The van der Waals surface area contributed by atoms with E-state index in [1.165, 1.54) is 23.1 Å². The summed E-state index contributed by atoms with van der Waals surface area (Å²) in [4.78, 5) is 4.07. The van der Waals surface area contributed by atoms with Crippen molar-refractivity contribution in [3.63, 3.8) is 0 Å². The molecule has 0 aliphatic heterocycles. The highest BCUT2D eigenvalue weighted by atomic mass is 32.2. The molecule has 0 saturated heterocycles. The zero-order valence-electron chi connectivity index (χ0n) is 12.2. The Morgan fingerprint density at radius 3 is 2.65 bits per heavy atom. The smallest absolute Gasteiger partial charge is 0.241 e. The van der Waals surface area contributed by atoms with Crippen molar-refractivity contribution in [3.05, 3.63) is 60.7 Å². The zero-order valence-corrected chi connectivity index (χ0v) is 13.1. The van der Waals surface area contributed by atoms with E-state index in [-0.39, 0.29) is 10.9 Å². The first-order valence-corrected chi connectivity index (χ1v) is 8.30. The number of benzene rings is 1. The second kappa shape index (κ2) is 6.23. The van der Waals surface area contributed by atoms with Gasteiger partial charge in [-0.1, -0.05) is 6.07 Å². The number of hydrogen-bond acceptors (Lipinski definition) is 6. The molecule has 9 heteroatoms. The summed E-state index contributed by atoms with van der Waals surface area (Å²) in [7, 11) is -3.67. The minimum Gasteiger partial charge on any atom is -0.265 e. The summed E-state index contributed by atoms with van der Waals surface area (Å²) in [5.74, 6) is 0. The maximum absolute atomic E-state index is 12.6. The molecule has 3 aromatic rings. The SMILES string of the molecule is CC(NS(=O)(=O)c1cccc(-n2cnnn2)c1)c1ccncc1. The van der Waals surface area contributed by atoms with Crippen molar-refractivity contribution in [2.24, 2.45) is 0 Å². The maximum atomic E-state index is 12.6. The van der Waals surface area contributed by atoms with E-state index < -0.39 is 10.0 Å². The summed E-state index contributed by atoms with van der Waals surface area (Å²) in [6.45, 7) is 1.78. The molecular weight excluding hydrogens is 316 g/mol. The third-order valence-corrected chi connectivity index (χ3v) is 4.82. The Morgan fingerprint density at radius 1 is 1.17 bits per heavy atom. The first-order chi connectivity index (χ1) is 11.1. The van der Waals surface area contributed by atoms with E-state index in [4.69, 9.17) is 0 Å². The van der Waals surface area contributed by atoms with Crippen LogP contribution in [0.15, 0.2) is 60.0 Å². The van der Waals surface area contributed by atoms with Crippen molar-refractivity contribution in [1.29, 1.82) is 0 Å². The summed E-state index contributed by atoms with van der Waals surface area (Å²) in [5.41, 5.74) is 1.40. The van der Waals surface area contributed by atoms with Crippen molar-refractivity contribution in [3.8, 4) is 5.69 Å². The van der Waals surface area contributed by atoms with Gasteiger partial charge in [0, 0.05) is 18.4 Å². The molecule has 1 aromatic carbocycles. The normalized spacial score (nSPS) is 12.9. The molecular formula is C14H14N6O2S. The predicted molar refractivity (Wildman–Crippen MR) is 82.1 cm³/mol. The lowest BCUT2D eigenvalue weighted by Crippen LogP contribution is -2.27. The Labute approximate surface area is 133 Å². The second-order valence-electron chi connectivity index (χ2n) is 4.88. The number of hydrogen-bond donors (Lipinski definition) is 1. The Morgan fingerprint density at radius 2 is 1.96 bits per heavy atom. The summed E-state index contributed by atoms with van der Waals surface area (Å²) in [6, 6.07) is 9.56. The number of nitrogens with zero attached hydrogens (tertiary/aromatic N) is 5. The van der Waals surface area contributed by atoms with Crippen LogP contribution in [0.1, 0.15) is 18.5 Å². The first-order valence-electron chi connectivity index (χ1n) is 6.82. The molecule has 2 aromatic heterocycles. The molecule has 1 atom stereocenters. The number of pyridine rings is 1. The van der Waals surface area contributed by atoms with E-state index in [1.54, 1.807) is 43.6 Å². The van der Waals surface area contributed by atoms with Gasteiger partial charge < -0.3 is 0 Å². The molecule has 0 amide bonds. The molecule has 0 aliphatic carbocycles. The van der Waals surface area contributed by atoms with Crippen molar-refractivity contribution >= 4 is 10.0 Å². The van der Waals surface area contributed by atoms with Crippen LogP contribution in [0.25, 0.3) is 5.69 Å². The molecule has 0 spiro atoms. The van der Waals surface area contributed by atoms with Crippen molar-refractivity contribution < 1.29 is 8.42 Å². The summed E-state index contributed by atoms with van der Waals surface area (Å²) in [5, 5.41) is 10.8. The fraction of sp³-hybridized carbons (Fsp3) is 0.143. The van der Waals surface area contributed by atoms with Gasteiger partial charge >= 0.3 is 0 Å². The highest BCUT2D eigenvalue weighted by Crippen LogP contribution is 2.18. The van der Waals surface area contributed by atoms with E-state index >= 15 is 0 Å². The van der Waals surface area contributed by atoms with E-state index in [0.29, 0.717) is 5.69 Å².